The number of carbonyl (C=O) groups is 3. The molecule has 5 heteroatoms. The number of ether oxygens (including phenoxy) is 1. The Morgan fingerprint density at radius 2 is 1.71 bits per heavy atom. The maximum absolute atomic E-state index is 11.0. The molecule has 0 amide bonds. The van der Waals surface area contributed by atoms with E-state index in [0.29, 0.717) is 0 Å². The Kier molecular flexibility index (Phi) is 5.71. The third-order valence-corrected chi connectivity index (χ3v) is 1.71. The summed E-state index contributed by atoms with van der Waals surface area (Å²) in [6, 6.07) is 0. The molecule has 0 aliphatic rings. The average molecular weight is 202 g/mol. The van der Waals surface area contributed by atoms with E-state index in [2.05, 4.69) is 4.74 Å². The molecular weight excluding hydrogens is 188 g/mol. The third-order valence-electron chi connectivity index (χ3n) is 1.71. The summed E-state index contributed by atoms with van der Waals surface area (Å²) >= 11 is 0. The van der Waals surface area contributed by atoms with Crippen molar-refractivity contribution in [2.75, 3.05) is 13.2 Å². The van der Waals surface area contributed by atoms with Gasteiger partial charge in [0.05, 0.1) is 18.9 Å². The zero-order chi connectivity index (χ0) is 11.1. The first kappa shape index (κ1) is 12.8. The van der Waals surface area contributed by atoms with Crippen LogP contribution in [0.25, 0.3) is 0 Å². The predicted octanol–water partition coefficient (Wildman–Crippen LogP) is -0.294. The second kappa shape index (κ2) is 6.26. The summed E-state index contributed by atoms with van der Waals surface area (Å²) in [6.45, 7) is 2.13. The Hall–Kier alpha value is -1.23. The Labute approximate surface area is 82.1 Å². The van der Waals surface area contributed by atoms with Gasteiger partial charge in [0.2, 0.25) is 0 Å². The largest absolute Gasteiger partial charge is 0.463 e. The Bertz CT molecular complexity index is 219. The molecule has 80 valence electrons. The molecule has 0 aromatic carbocycles. The van der Waals surface area contributed by atoms with Gasteiger partial charge in [0, 0.05) is 0 Å². The van der Waals surface area contributed by atoms with Crippen LogP contribution in [0.4, 0.5) is 0 Å². The lowest BCUT2D eigenvalue weighted by Gasteiger charge is -2.08. The zero-order valence-corrected chi connectivity index (χ0v) is 8.28. The number of Topliss-reactive ketones (excluding diaryl/α,β-unsaturated/α-hetero) is 2. The standard InChI is InChI=1S/C9H14O5/c1-6(11)8(7(2)12)5-9(13)14-4-3-10/h8,10H,3-5H2,1-2H3. The van der Waals surface area contributed by atoms with Crippen molar-refractivity contribution in [2.24, 2.45) is 5.92 Å². The summed E-state index contributed by atoms with van der Waals surface area (Å²) in [5.74, 6) is -2.26. The molecule has 0 aliphatic carbocycles. The molecule has 0 fully saturated rings. The van der Waals surface area contributed by atoms with E-state index >= 15 is 0 Å². The molecule has 0 heterocycles. The van der Waals surface area contributed by atoms with E-state index in [9.17, 15) is 14.4 Å². The molecule has 0 aromatic rings. The summed E-state index contributed by atoms with van der Waals surface area (Å²) in [4.78, 5) is 32.8. The van der Waals surface area contributed by atoms with Crippen molar-refractivity contribution in [3.05, 3.63) is 0 Å². The van der Waals surface area contributed by atoms with E-state index < -0.39 is 11.9 Å². The first-order chi connectivity index (χ1) is 6.49. The van der Waals surface area contributed by atoms with Gasteiger partial charge in [0.1, 0.15) is 18.2 Å². The zero-order valence-electron chi connectivity index (χ0n) is 8.28. The SMILES string of the molecule is CC(=O)C(CC(=O)OCCO)C(C)=O. The lowest BCUT2D eigenvalue weighted by atomic mass is 9.97. The van der Waals surface area contributed by atoms with Crippen LogP contribution in [-0.2, 0) is 19.1 Å². The molecule has 0 atom stereocenters. The van der Waals surface area contributed by atoms with Crippen molar-refractivity contribution in [2.45, 2.75) is 20.3 Å². The fourth-order valence-electron chi connectivity index (χ4n) is 0.959. The van der Waals surface area contributed by atoms with Crippen LogP contribution < -0.4 is 0 Å². The summed E-state index contributed by atoms with van der Waals surface area (Å²) in [5, 5.41) is 8.36. The van der Waals surface area contributed by atoms with Gasteiger partial charge >= 0.3 is 5.97 Å². The number of ketones is 2. The molecular formula is C9H14O5. The smallest absolute Gasteiger partial charge is 0.307 e. The van der Waals surface area contributed by atoms with Gasteiger partial charge in [-0.25, -0.2) is 0 Å². The van der Waals surface area contributed by atoms with Crippen molar-refractivity contribution in [3.8, 4) is 0 Å². The van der Waals surface area contributed by atoms with Crippen molar-refractivity contribution in [1.82, 2.24) is 0 Å². The van der Waals surface area contributed by atoms with Crippen LogP contribution in [-0.4, -0.2) is 35.9 Å². The van der Waals surface area contributed by atoms with E-state index in [-0.39, 0.29) is 31.2 Å². The van der Waals surface area contributed by atoms with E-state index in [1.165, 1.54) is 13.8 Å². The fraction of sp³-hybridized carbons (Fsp3) is 0.667. The van der Waals surface area contributed by atoms with Crippen LogP contribution in [0.2, 0.25) is 0 Å². The highest BCUT2D eigenvalue weighted by molar-refractivity contribution is 6.02. The molecule has 14 heavy (non-hydrogen) atoms. The second-order valence-corrected chi connectivity index (χ2v) is 2.92. The number of hydrogen-bond acceptors (Lipinski definition) is 5. The molecule has 0 aromatic heterocycles. The minimum atomic E-state index is -0.916. The van der Waals surface area contributed by atoms with Crippen molar-refractivity contribution in [3.63, 3.8) is 0 Å². The highest BCUT2D eigenvalue weighted by Gasteiger charge is 2.23. The summed E-state index contributed by atoms with van der Waals surface area (Å²) in [7, 11) is 0. The highest BCUT2D eigenvalue weighted by Crippen LogP contribution is 2.07. The number of esters is 1. The maximum atomic E-state index is 11.0. The molecule has 0 bridgehead atoms. The maximum Gasteiger partial charge on any atom is 0.307 e. The second-order valence-electron chi connectivity index (χ2n) is 2.92. The van der Waals surface area contributed by atoms with Crippen LogP contribution in [0.3, 0.4) is 0 Å². The quantitative estimate of drug-likeness (QED) is 0.472. The summed E-state index contributed by atoms with van der Waals surface area (Å²) in [5.41, 5.74) is 0. The van der Waals surface area contributed by atoms with Crippen LogP contribution >= 0.6 is 0 Å². The highest BCUT2D eigenvalue weighted by atomic mass is 16.5. The molecule has 0 spiro atoms. The molecule has 0 unspecified atom stereocenters. The topological polar surface area (TPSA) is 80.7 Å². The lowest BCUT2D eigenvalue weighted by Crippen LogP contribution is -2.24. The number of hydrogen-bond donors (Lipinski definition) is 1. The van der Waals surface area contributed by atoms with E-state index in [4.69, 9.17) is 5.11 Å². The van der Waals surface area contributed by atoms with Gasteiger partial charge < -0.3 is 9.84 Å². The monoisotopic (exact) mass is 202 g/mol. The van der Waals surface area contributed by atoms with E-state index in [0.717, 1.165) is 0 Å². The molecule has 0 saturated heterocycles. The minimum Gasteiger partial charge on any atom is -0.463 e. The average Bonchev–Trinajstić information content (AvgIpc) is 2.09. The van der Waals surface area contributed by atoms with Gasteiger partial charge in [-0.2, -0.15) is 0 Å². The summed E-state index contributed by atoms with van der Waals surface area (Å²) < 4.78 is 4.53. The molecule has 0 radical (unpaired) electrons. The lowest BCUT2D eigenvalue weighted by molar-refractivity contribution is -0.149. The molecule has 1 N–H and O–H groups in total. The van der Waals surface area contributed by atoms with Crippen molar-refractivity contribution >= 4 is 17.5 Å². The summed E-state index contributed by atoms with van der Waals surface area (Å²) in [6.07, 6.45) is -0.245. The number of carbonyl (C=O) groups excluding carboxylic acids is 3. The van der Waals surface area contributed by atoms with Crippen LogP contribution in [0.15, 0.2) is 0 Å². The van der Waals surface area contributed by atoms with Crippen LogP contribution in [0.1, 0.15) is 20.3 Å². The number of rotatable bonds is 6. The van der Waals surface area contributed by atoms with Gasteiger partial charge in [0.15, 0.2) is 0 Å². The van der Waals surface area contributed by atoms with Gasteiger partial charge in [-0.15, -0.1) is 0 Å². The van der Waals surface area contributed by atoms with Gasteiger partial charge in [0.25, 0.3) is 0 Å². The third kappa shape index (κ3) is 4.71. The Morgan fingerprint density at radius 1 is 1.21 bits per heavy atom. The molecule has 0 rings (SSSR count). The predicted molar refractivity (Wildman–Crippen MR) is 47.5 cm³/mol. The number of aliphatic hydroxyl groups excluding tert-OH is 1. The first-order valence-corrected chi connectivity index (χ1v) is 4.26. The van der Waals surface area contributed by atoms with Gasteiger partial charge in [-0.3, -0.25) is 14.4 Å². The first-order valence-electron chi connectivity index (χ1n) is 4.26. The molecule has 5 nitrogen and oxygen atoms in total. The Morgan fingerprint density at radius 3 is 2.07 bits per heavy atom. The molecule has 0 saturated carbocycles. The molecule has 0 aliphatic heterocycles. The van der Waals surface area contributed by atoms with Gasteiger partial charge in [-0.1, -0.05) is 0 Å². The van der Waals surface area contributed by atoms with Crippen molar-refractivity contribution in [1.29, 1.82) is 0 Å². The van der Waals surface area contributed by atoms with E-state index in [1.807, 2.05) is 0 Å². The Balaban J connectivity index is 4.10. The van der Waals surface area contributed by atoms with Crippen LogP contribution in [0.5, 0.6) is 0 Å². The normalized spacial score (nSPS) is 10.0. The minimum absolute atomic E-state index is 0.110. The van der Waals surface area contributed by atoms with Crippen LogP contribution in [0, 0.1) is 5.92 Å². The number of aliphatic hydroxyl groups is 1. The van der Waals surface area contributed by atoms with Crippen molar-refractivity contribution < 1.29 is 24.2 Å². The van der Waals surface area contributed by atoms with E-state index in [1.54, 1.807) is 0 Å². The van der Waals surface area contributed by atoms with Gasteiger partial charge in [-0.05, 0) is 13.8 Å². The fourth-order valence-corrected chi connectivity index (χ4v) is 0.959.